The molecule has 0 aliphatic rings. The number of hydrogen-bond donors (Lipinski definition) is 1. The molecule has 0 atom stereocenters. The first-order valence-corrected chi connectivity index (χ1v) is 0.724. The van der Waals surface area contributed by atoms with E-state index in [1.54, 1.807) is 0 Å². The van der Waals surface area contributed by atoms with E-state index < -0.39 is 0 Å². The molecule has 0 saturated carbocycles. The highest BCUT2D eigenvalue weighted by molar-refractivity contribution is 4.78. The molecule has 0 spiro atoms. The summed E-state index contributed by atoms with van der Waals surface area (Å²) in [6.07, 6.45) is 1.35. The third kappa shape index (κ3) is 1.16. The summed E-state index contributed by atoms with van der Waals surface area (Å²) in [7, 11) is 0. The molecule has 0 aromatic heterocycles. The zero-order chi connectivity index (χ0) is 3.41. The van der Waals surface area contributed by atoms with Gasteiger partial charge in [0.1, 0.15) is 6.11 Å². The Morgan fingerprint density at radius 1 is 1.75 bits per heavy atom. The van der Waals surface area contributed by atoms with E-state index in [2.05, 4.69) is 0 Å². The van der Waals surface area contributed by atoms with Gasteiger partial charge in [0.15, 0.2) is 0 Å². The summed E-state index contributed by atoms with van der Waals surface area (Å²) in [5, 5.41) is 7.33. The van der Waals surface area contributed by atoms with E-state index in [9.17, 15) is 0 Å². The monoisotopic (exact) mass is 56.0 g/mol. The summed E-state index contributed by atoms with van der Waals surface area (Å²) in [6, 6.07) is 1.49. The third-order valence-electron chi connectivity index (χ3n) is 0.0559. The van der Waals surface area contributed by atoms with Crippen LogP contribution in [0, 0.1) is 12.2 Å². The van der Waals surface area contributed by atoms with Crippen LogP contribution in [0.5, 0.6) is 0 Å². The van der Waals surface area contributed by atoms with Gasteiger partial charge < -0.3 is 5.11 Å². The fourth-order valence-electron chi connectivity index (χ4n) is 0. The molecule has 0 rings (SSSR count). The molecule has 0 bridgehead atoms. The van der Waals surface area contributed by atoms with E-state index in [4.69, 9.17) is 10.8 Å². The molecule has 1 radical (unpaired) electrons. The van der Waals surface area contributed by atoms with Crippen molar-refractivity contribution in [2.75, 3.05) is 0 Å². The molecule has 2 heteroatoms. The summed E-state index contributed by atoms with van der Waals surface area (Å²) in [6.45, 7) is 0. The molecule has 0 aliphatic carbocycles. The second kappa shape index (κ2) is 2.16. The van der Waals surface area contributed by atoms with Gasteiger partial charge in [0.2, 0.25) is 0 Å². The second-order valence-corrected chi connectivity index (χ2v) is 0.237. The van der Waals surface area contributed by atoms with Crippen LogP contribution in [0.15, 0.2) is 0 Å². The van der Waals surface area contributed by atoms with Gasteiger partial charge in [-0.15, -0.1) is 0 Å². The molecule has 0 saturated heterocycles. The van der Waals surface area contributed by atoms with Gasteiger partial charge in [0, 0.05) is 0 Å². The van der Waals surface area contributed by atoms with Crippen LogP contribution in [0.2, 0.25) is 0 Å². The summed E-state index contributed by atoms with van der Waals surface area (Å²) < 4.78 is 0. The molecule has 0 unspecified atom stereocenters. The van der Waals surface area contributed by atoms with Gasteiger partial charge in [-0.1, -0.05) is 0 Å². The van der Waals surface area contributed by atoms with Crippen molar-refractivity contribution in [1.82, 2.24) is 5.73 Å². The van der Waals surface area contributed by atoms with Crippen LogP contribution in [0.4, 0.5) is 0 Å². The maximum Gasteiger partial charge on any atom is 0.132 e. The van der Waals surface area contributed by atoms with Crippen molar-refractivity contribution in [3.05, 3.63) is 0 Å². The minimum absolute atomic E-state index is 1.35. The Morgan fingerprint density at radius 2 is 2.00 bits per heavy atom. The van der Waals surface area contributed by atoms with Gasteiger partial charge in [0.05, 0.1) is 6.04 Å². The lowest BCUT2D eigenvalue weighted by atomic mass is 11.2. The summed E-state index contributed by atoms with van der Waals surface area (Å²) >= 11 is 0. The fraction of sp³-hybridized carbons (Fsp3) is 0. The van der Waals surface area contributed by atoms with E-state index in [0.717, 1.165) is 0 Å². The van der Waals surface area contributed by atoms with Crippen LogP contribution >= 0.6 is 0 Å². The number of aliphatic hydroxyl groups excluding tert-OH is 1. The predicted octanol–water partition coefficient (Wildman–Crippen LogP) is -0.440. The van der Waals surface area contributed by atoms with Crippen molar-refractivity contribution in [3.63, 3.8) is 0 Å². The minimum Gasteiger partial charge on any atom is -0.461 e. The largest absolute Gasteiger partial charge is 0.461 e. The Hall–Kier alpha value is -0.840. The SMILES string of the molecule is [NH]C#CO. The Kier molecular flexibility index (Phi) is 1.71. The molecule has 0 aromatic carbocycles. The first kappa shape index (κ1) is 3.16. The highest BCUT2D eigenvalue weighted by Gasteiger charge is 1.29. The van der Waals surface area contributed by atoms with Crippen LogP contribution in [0.1, 0.15) is 0 Å². The zero-order valence-corrected chi connectivity index (χ0v) is 1.95. The van der Waals surface area contributed by atoms with Crippen LogP contribution < -0.4 is 5.73 Å². The molecule has 0 aliphatic heterocycles. The molecular weight excluding hydrogens is 54.0 g/mol. The maximum absolute atomic E-state index is 7.33. The van der Waals surface area contributed by atoms with Crippen molar-refractivity contribution in [1.29, 1.82) is 0 Å². The topological polar surface area (TPSA) is 44.0 Å². The lowest BCUT2D eigenvalue weighted by Crippen LogP contribution is -1.49. The van der Waals surface area contributed by atoms with Gasteiger partial charge >= 0.3 is 0 Å². The lowest BCUT2D eigenvalue weighted by molar-refractivity contribution is 0.516. The Bertz CT molecular complexity index is 42.8. The average Bonchev–Trinajstić information content (AvgIpc) is 1.37. The second-order valence-electron chi connectivity index (χ2n) is 0.237. The first-order chi connectivity index (χ1) is 1.91. The highest BCUT2D eigenvalue weighted by atomic mass is 16.2. The van der Waals surface area contributed by atoms with E-state index in [1.165, 1.54) is 12.2 Å². The quantitative estimate of drug-likeness (QED) is 0.376. The van der Waals surface area contributed by atoms with Crippen molar-refractivity contribution < 1.29 is 5.11 Å². The molecule has 0 aromatic rings. The normalized spacial score (nSPS) is 3.00. The molecule has 4 heavy (non-hydrogen) atoms. The van der Waals surface area contributed by atoms with E-state index >= 15 is 0 Å². The van der Waals surface area contributed by atoms with Crippen LogP contribution in [-0.2, 0) is 0 Å². The average molecular weight is 56.0 g/mol. The van der Waals surface area contributed by atoms with Crippen LogP contribution in [0.3, 0.4) is 0 Å². The molecule has 0 heterocycles. The Balaban J connectivity index is 2.83. The lowest BCUT2D eigenvalue weighted by Gasteiger charge is -1.42. The van der Waals surface area contributed by atoms with Gasteiger partial charge in [-0.3, -0.25) is 0 Å². The molecule has 2 nitrogen and oxygen atoms in total. The minimum atomic E-state index is 1.35. The Morgan fingerprint density at radius 3 is 2.00 bits per heavy atom. The molecular formula is C2H2NO. The highest BCUT2D eigenvalue weighted by Crippen LogP contribution is 1.21. The standard InChI is InChI=1S/C2H2NO/c3-1-2-4/h3-4H. The zero-order valence-electron chi connectivity index (χ0n) is 1.95. The van der Waals surface area contributed by atoms with Gasteiger partial charge in [0.25, 0.3) is 0 Å². The van der Waals surface area contributed by atoms with Gasteiger partial charge in [-0.05, 0) is 0 Å². The van der Waals surface area contributed by atoms with Crippen molar-refractivity contribution in [2.24, 2.45) is 0 Å². The third-order valence-corrected chi connectivity index (χ3v) is 0.0559. The maximum atomic E-state index is 7.33. The molecule has 2 N–H and O–H groups in total. The van der Waals surface area contributed by atoms with E-state index in [1.807, 2.05) is 0 Å². The first-order valence-electron chi connectivity index (χ1n) is 0.724. The number of hydrogen-bond acceptors (Lipinski definition) is 1. The van der Waals surface area contributed by atoms with E-state index in [0.29, 0.717) is 0 Å². The molecule has 0 fully saturated rings. The molecule has 21 valence electrons. The predicted molar refractivity (Wildman–Crippen MR) is 12.8 cm³/mol. The smallest absolute Gasteiger partial charge is 0.132 e. The van der Waals surface area contributed by atoms with Crippen LogP contribution in [-0.4, -0.2) is 5.11 Å². The van der Waals surface area contributed by atoms with E-state index in [-0.39, 0.29) is 0 Å². The van der Waals surface area contributed by atoms with Gasteiger partial charge in [-0.25, -0.2) is 5.73 Å². The van der Waals surface area contributed by atoms with Crippen LogP contribution in [0.25, 0.3) is 0 Å². The van der Waals surface area contributed by atoms with Gasteiger partial charge in [-0.2, -0.15) is 0 Å². The number of nitrogens with one attached hydrogen (secondary N) is 1. The van der Waals surface area contributed by atoms with Crippen molar-refractivity contribution in [3.8, 4) is 12.2 Å². The Labute approximate surface area is 24.2 Å². The fourth-order valence-corrected chi connectivity index (χ4v) is 0. The van der Waals surface area contributed by atoms with Crippen molar-refractivity contribution in [2.45, 2.75) is 0 Å². The number of aliphatic hydroxyl groups is 1. The molecule has 0 amide bonds. The summed E-state index contributed by atoms with van der Waals surface area (Å²) in [4.78, 5) is 0. The number of rotatable bonds is 0. The summed E-state index contributed by atoms with van der Waals surface area (Å²) in [5.41, 5.74) is 5.84. The van der Waals surface area contributed by atoms with Crippen molar-refractivity contribution >= 4 is 0 Å². The summed E-state index contributed by atoms with van der Waals surface area (Å²) in [5.74, 6) is 0.